The number of carbonyl (C=O) groups excluding carboxylic acids is 2. The SMILES string of the molecule is O=C(NO)c1ccc2c(c1)OCCN(C(=O)C1(S(=O)(=O)c3ccccc3)CC1)C2. The van der Waals surface area contributed by atoms with Crippen molar-refractivity contribution in [2.24, 2.45) is 0 Å². The van der Waals surface area contributed by atoms with E-state index in [-0.39, 0.29) is 30.2 Å². The summed E-state index contributed by atoms with van der Waals surface area (Å²) in [6.45, 7) is 0.590. The Morgan fingerprint density at radius 1 is 1.10 bits per heavy atom. The van der Waals surface area contributed by atoms with E-state index in [0.717, 1.165) is 0 Å². The van der Waals surface area contributed by atoms with E-state index < -0.39 is 26.4 Å². The molecule has 1 aliphatic heterocycles. The Hall–Kier alpha value is -2.91. The summed E-state index contributed by atoms with van der Waals surface area (Å²) in [4.78, 5) is 26.5. The van der Waals surface area contributed by atoms with E-state index in [2.05, 4.69) is 0 Å². The Morgan fingerprint density at radius 2 is 1.83 bits per heavy atom. The molecule has 0 atom stereocenters. The van der Waals surface area contributed by atoms with Crippen molar-refractivity contribution in [1.82, 2.24) is 10.4 Å². The first-order valence-electron chi connectivity index (χ1n) is 9.18. The molecule has 152 valence electrons. The van der Waals surface area contributed by atoms with E-state index in [4.69, 9.17) is 9.94 Å². The largest absolute Gasteiger partial charge is 0.491 e. The second-order valence-corrected chi connectivity index (χ2v) is 9.41. The molecule has 0 bridgehead atoms. The van der Waals surface area contributed by atoms with Crippen LogP contribution in [0.2, 0.25) is 0 Å². The number of fused-ring (bicyclic) bond motifs is 1. The number of hydrogen-bond donors (Lipinski definition) is 2. The van der Waals surface area contributed by atoms with Crippen molar-refractivity contribution in [3.05, 3.63) is 59.7 Å². The summed E-state index contributed by atoms with van der Waals surface area (Å²) < 4.78 is 30.5. The summed E-state index contributed by atoms with van der Waals surface area (Å²) in [5.74, 6) is -0.661. The van der Waals surface area contributed by atoms with Crippen molar-refractivity contribution >= 4 is 21.7 Å². The van der Waals surface area contributed by atoms with Gasteiger partial charge in [0.1, 0.15) is 12.4 Å². The molecule has 2 aliphatic rings. The highest BCUT2D eigenvalue weighted by molar-refractivity contribution is 7.94. The molecule has 8 nitrogen and oxygen atoms in total. The third-order valence-corrected chi connectivity index (χ3v) is 7.86. The highest BCUT2D eigenvalue weighted by Gasteiger charge is 2.62. The lowest BCUT2D eigenvalue weighted by molar-refractivity contribution is -0.132. The predicted molar refractivity (Wildman–Crippen MR) is 102 cm³/mol. The minimum Gasteiger partial charge on any atom is -0.491 e. The highest BCUT2D eigenvalue weighted by Crippen LogP contribution is 2.48. The van der Waals surface area contributed by atoms with Crippen LogP contribution in [-0.2, 0) is 21.2 Å². The van der Waals surface area contributed by atoms with E-state index >= 15 is 0 Å². The average Bonchev–Trinajstić information content (AvgIpc) is 3.57. The summed E-state index contributed by atoms with van der Waals surface area (Å²) in [5.41, 5.74) is 2.45. The number of hydroxylamine groups is 1. The van der Waals surface area contributed by atoms with Gasteiger partial charge in [0.15, 0.2) is 14.6 Å². The monoisotopic (exact) mass is 416 g/mol. The van der Waals surface area contributed by atoms with Crippen LogP contribution in [0.1, 0.15) is 28.8 Å². The molecule has 1 saturated carbocycles. The van der Waals surface area contributed by atoms with E-state index in [1.54, 1.807) is 29.7 Å². The molecule has 4 rings (SSSR count). The molecule has 1 fully saturated rings. The fourth-order valence-corrected chi connectivity index (χ4v) is 5.54. The number of sulfone groups is 1. The first kappa shape index (κ1) is 19.4. The fraction of sp³-hybridized carbons (Fsp3) is 0.300. The number of ether oxygens (including phenoxy) is 1. The van der Waals surface area contributed by atoms with Crippen LogP contribution in [0.3, 0.4) is 0 Å². The zero-order valence-corrected chi connectivity index (χ0v) is 16.3. The molecule has 0 unspecified atom stereocenters. The predicted octanol–water partition coefficient (Wildman–Crippen LogP) is 1.53. The van der Waals surface area contributed by atoms with Crippen LogP contribution in [0.15, 0.2) is 53.4 Å². The number of carbonyl (C=O) groups is 2. The first-order valence-corrected chi connectivity index (χ1v) is 10.7. The summed E-state index contributed by atoms with van der Waals surface area (Å²) in [7, 11) is -3.80. The Kier molecular flexibility index (Phi) is 4.79. The molecule has 1 aliphatic carbocycles. The number of amides is 2. The molecule has 0 saturated heterocycles. The zero-order chi connectivity index (χ0) is 20.6. The molecule has 9 heteroatoms. The normalized spacial score (nSPS) is 17.5. The summed E-state index contributed by atoms with van der Waals surface area (Å²) >= 11 is 0. The third kappa shape index (κ3) is 3.26. The van der Waals surface area contributed by atoms with Gasteiger partial charge in [-0.05, 0) is 37.1 Å². The molecular weight excluding hydrogens is 396 g/mol. The molecule has 29 heavy (non-hydrogen) atoms. The highest BCUT2D eigenvalue weighted by atomic mass is 32.2. The Balaban J connectivity index is 1.61. The summed E-state index contributed by atoms with van der Waals surface area (Å²) in [6, 6.07) is 12.7. The van der Waals surface area contributed by atoms with Crippen LogP contribution >= 0.6 is 0 Å². The maximum Gasteiger partial charge on any atom is 0.274 e. The first-order chi connectivity index (χ1) is 13.9. The van der Waals surface area contributed by atoms with Gasteiger partial charge in [-0.1, -0.05) is 24.3 Å². The van der Waals surface area contributed by atoms with Gasteiger partial charge in [-0.15, -0.1) is 0 Å². The lowest BCUT2D eigenvalue weighted by Gasteiger charge is -2.25. The van der Waals surface area contributed by atoms with Crippen LogP contribution in [0, 0.1) is 0 Å². The van der Waals surface area contributed by atoms with Crippen molar-refractivity contribution < 1.29 is 28.0 Å². The number of rotatable bonds is 4. The lowest BCUT2D eigenvalue weighted by atomic mass is 10.1. The topological polar surface area (TPSA) is 113 Å². The number of nitrogens with one attached hydrogen (secondary N) is 1. The van der Waals surface area contributed by atoms with Gasteiger partial charge >= 0.3 is 0 Å². The van der Waals surface area contributed by atoms with Crippen LogP contribution in [0.4, 0.5) is 0 Å². The van der Waals surface area contributed by atoms with Gasteiger partial charge in [0.2, 0.25) is 5.91 Å². The molecule has 2 N–H and O–H groups in total. The molecule has 0 spiro atoms. The lowest BCUT2D eigenvalue weighted by Crippen LogP contribution is -2.45. The maximum atomic E-state index is 13.3. The smallest absolute Gasteiger partial charge is 0.274 e. The van der Waals surface area contributed by atoms with Crippen LogP contribution in [0.5, 0.6) is 5.75 Å². The van der Waals surface area contributed by atoms with Crippen LogP contribution in [0.25, 0.3) is 0 Å². The summed E-state index contributed by atoms with van der Waals surface area (Å²) in [6.07, 6.45) is 0.589. The Morgan fingerprint density at radius 3 is 2.48 bits per heavy atom. The summed E-state index contributed by atoms with van der Waals surface area (Å²) in [5, 5.41) is 8.78. The molecule has 2 amide bonds. The van der Waals surface area contributed by atoms with E-state index in [1.807, 2.05) is 0 Å². The fourth-order valence-electron chi connectivity index (χ4n) is 3.57. The zero-order valence-electron chi connectivity index (χ0n) is 15.5. The molecule has 2 aromatic rings. The Labute approximate surface area is 168 Å². The standard InChI is InChI=1S/C20H20N2O6S/c23-18(21-25)14-6-7-15-13-22(10-11-28-17(15)12-14)19(24)20(8-9-20)29(26,27)16-4-2-1-3-5-16/h1-7,12,25H,8-11,13H2,(H,21,23). The van der Waals surface area contributed by atoms with Crippen molar-refractivity contribution in [1.29, 1.82) is 0 Å². The average molecular weight is 416 g/mol. The Bertz CT molecular complexity index is 1060. The molecule has 0 aromatic heterocycles. The van der Waals surface area contributed by atoms with Crippen molar-refractivity contribution in [3.8, 4) is 5.75 Å². The van der Waals surface area contributed by atoms with Gasteiger partial charge in [0, 0.05) is 17.7 Å². The minimum absolute atomic E-state index is 0.150. The third-order valence-electron chi connectivity index (χ3n) is 5.36. The van der Waals surface area contributed by atoms with E-state index in [1.165, 1.54) is 29.2 Å². The number of benzene rings is 2. The quantitative estimate of drug-likeness (QED) is 0.577. The van der Waals surface area contributed by atoms with Crippen molar-refractivity contribution in [2.75, 3.05) is 13.2 Å². The van der Waals surface area contributed by atoms with Crippen LogP contribution < -0.4 is 10.2 Å². The van der Waals surface area contributed by atoms with Gasteiger partial charge in [-0.25, -0.2) is 13.9 Å². The molecule has 0 radical (unpaired) electrons. The second-order valence-electron chi connectivity index (χ2n) is 7.15. The van der Waals surface area contributed by atoms with Crippen LogP contribution in [-0.4, -0.2) is 48.2 Å². The minimum atomic E-state index is -3.80. The molecule has 1 heterocycles. The maximum absolute atomic E-state index is 13.3. The number of hydrogen-bond acceptors (Lipinski definition) is 6. The van der Waals surface area contributed by atoms with Crippen molar-refractivity contribution in [2.45, 2.75) is 29.0 Å². The van der Waals surface area contributed by atoms with Crippen molar-refractivity contribution in [3.63, 3.8) is 0 Å². The van der Waals surface area contributed by atoms with Gasteiger partial charge in [-0.2, -0.15) is 0 Å². The van der Waals surface area contributed by atoms with Gasteiger partial charge in [0.25, 0.3) is 5.91 Å². The number of nitrogens with zero attached hydrogens (tertiary/aromatic N) is 1. The van der Waals surface area contributed by atoms with E-state index in [9.17, 15) is 18.0 Å². The second kappa shape index (κ2) is 7.16. The van der Waals surface area contributed by atoms with Gasteiger partial charge < -0.3 is 9.64 Å². The molecule has 2 aromatic carbocycles. The molecular formula is C20H20N2O6S. The van der Waals surface area contributed by atoms with Gasteiger partial charge in [-0.3, -0.25) is 14.8 Å². The van der Waals surface area contributed by atoms with Gasteiger partial charge in [0.05, 0.1) is 11.4 Å². The van der Waals surface area contributed by atoms with E-state index in [0.29, 0.717) is 24.2 Å².